The van der Waals surface area contributed by atoms with Gasteiger partial charge in [0.25, 0.3) is 0 Å². The number of aromatic nitrogens is 2. The van der Waals surface area contributed by atoms with E-state index in [0.717, 1.165) is 27.8 Å². The van der Waals surface area contributed by atoms with Crippen molar-refractivity contribution in [2.45, 2.75) is 13.3 Å². The Hall–Kier alpha value is -1.75. The van der Waals surface area contributed by atoms with Crippen LogP contribution in [0.2, 0.25) is 0 Å². The lowest BCUT2D eigenvalue weighted by Gasteiger charge is -2.09. The van der Waals surface area contributed by atoms with Gasteiger partial charge in [-0.15, -0.1) is 0 Å². The average molecular weight is 305 g/mol. The summed E-state index contributed by atoms with van der Waals surface area (Å²) in [5, 5.41) is 10.5. The second kappa shape index (κ2) is 5.73. The maximum absolute atomic E-state index is 7.38. The van der Waals surface area contributed by atoms with E-state index in [1.807, 2.05) is 31.2 Å². The highest BCUT2D eigenvalue weighted by atomic mass is 79.9. The quantitative estimate of drug-likeness (QED) is 0.849. The Bertz CT molecular complexity index is 569. The van der Waals surface area contributed by atoms with E-state index in [1.54, 1.807) is 6.20 Å². The summed E-state index contributed by atoms with van der Waals surface area (Å²) >= 11 is 3.41. The summed E-state index contributed by atoms with van der Waals surface area (Å²) in [7, 11) is 0. The summed E-state index contributed by atoms with van der Waals surface area (Å²) in [6.07, 6.45) is 3.90. The highest BCUT2D eigenvalue weighted by Crippen LogP contribution is 2.22. The highest BCUT2D eigenvalue weighted by Gasteiger charge is 2.04. The summed E-state index contributed by atoms with van der Waals surface area (Å²) in [4.78, 5) is 8.55. The van der Waals surface area contributed by atoms with Crippen LogP contribution in [0.1, 0.15) is 18.2 Å². The summed E-state index contributed by atoms with van der Waals surface area (Å²) in [5.41, 5.74) is 2.59. The fourth-order valence-electron chi connectivity index (χ4n) is 1.54. The molecule has 0 fully saturated rings. The molecule has 1 aromatic heterocycles. The molecule has 0 spiro atoms. The minimum Gasteiger partial charge on any atom is -0.324 e. The number of rotatable bonds is 4. The van der Waals surface area contributed by atoms with Crippen LogP contribution in [0.4, 0.5) is 11.6 Å². The molecule has 0 unspecified atom stereocenters. The minimum absolute atomic E-state index is 0.551. The molecule has 1 heterocycles. The Morgan fingerprint density at radius 1 is 1.39 bits per heavy atom. The predicted octanol–water partition coefficient (Wildman–Crippen LogP) is 3.54. The lowest BCUT2D eigenvalue weighted by molar-refractivity contribution is 1.00. The molecule has 0 bridgehead atoms. The zero-order valence-electron chi connectivity index (χ0n) is 9.94. The van der Waals surface area contributed by atoms with E-state index in [-0.39, 0.29) is 0 Å². The summed E-state index contributed by atoms with van der Waals surface area (Å²) < 4.78 is 0.947. The second-order valence-electron chi connectivity index (χ2n) is 3.73. The Morgan fingerprint density at radius 2 is 2.22 bits per heavy atom. The van der Waals surface area contributed by atoms with Crippen LogP contribution in [0.15, 0.2) is 34.9 Å². The van der Waals surface area contributed by atoms with Crippen molar-refractivity contribution in [2.75, 3.05) is 5.32 Å². The van der Waals surface area contributed by atoms with Crippen LogP contribution in [0, 0.1) is 5.41 Å². The third kappa shape index (κ3) is 2.92. The van der Waals surface area contributed by atoms with E-state index in [9.17, 15) is 0 Å². The van der Waals surface area contributed by atoms with Crippen molar-refractivity contribution in [3.63, 3.8) is 0 Å². The molecule has 0 aliphatic heterocycles. The van der Waals surface area contributed by atoms with Gasteiger partial charge in [0.15, 0.2) is 0 Å². The van der Waals surface area contributed by atoms with Crippen LogP contribution in [-0.4, -0.2) is 16.2 Å². The summed E-state index contributed by atoms with van der Waals surface area (Å²) in [6.45, 7) is 2.05. The first kappa shape index (κ1) is 12.7. The molecule has 5 heteroatoms. The van der Waals surface area contributed by atoms with Crippen molar-refractivity contribution in [2.24, 2.45) is 0 Å². The van der Waals surface area contributed by atoms with Gasteiger partial charge in [-0.3, -0.25) is 0 Å². The first-order chi connectivity index (χ1) is 8.72. The van der Waals surface area contributed by atoms with Gasteiger partial charge in [0.2, 0.25) is 5.95 Å². The topological polar surface area (TPSA) is 61.7 Å². The SMILES string of the molecule is CCc1ccnc(Nc2cc(Br)ccc2C=N)n1. The molecule has 0 saturated carbocycles. The van der Waals surface area contributed by atoms with Gasteiger partial charge >= 0.3 is 0 Å². The first-order valence-corrected chi connectivity index (χ1v) is 6.41. The van der Waals surface area contributed by atoms with Gasteiger partial charge in [0.05, 0.1) is 5.69 Å². The molecule has 2 rings (SSSR count). The monoisotopic (exact) mass is 304 g/mol. The fraction of sp³-hybridized carbons (Fsp3) is 0.154. The summed E-state index contributed by atoms with van der Waals surface area (Å²) in [5.74, 6) is 0.551. The molecule has 0 aliphatic rings. The largest absolute Gasteiger partial charge is 0.324 e. The van der Waals surface area contributed by atoms with Gasteiger partial charge in [-0.25, -0.2) is 9.97 Å². The molecule has 0 saturated heterocycles. The Balaban J connectivity index is 2.32. The smallest absolute Gasteiger partial charge is 0.227 e. The maximum Gasteiger partial charge on any atom is 0.227 e. The van der Waals surface area contributed by atoms with Crippen LogP contribution in [0.25, 0.3) is 0 Å². The van der Waals surface area contributed by atoms with Crippen LogP contribution < -0.4 is 5.32 Å². The van der Waals surface area contributed by atoms with Crippen LogP contribution in [-0.2, 0) is 6.42 Å². The Kier molecular flexibility index (Phi) is 4.04. The van der Waals surface area contributed by atoms with Crippen molar-refractivity contribution in [1.29, 1.82) is 5.41 Å². The third-order valence-corrected chi connectivity index (χ3v) is 2.99. The van der Waals surface area contributed by atoms with Gasteiger partial charge in [-0.2, -0.15) is 0 Å². The van der Waals surface area contributed by atoms with Gasteiger partial charge < -0.3 is 10.7 Å². The van der Waals surface area contributed by atoms with Crippen LogP contribution >= 0.6 is 15.9 Å². The molecular weight excluding hydrogens is 292 g/mol. The van der Waals surface area contributed by atoms with Crippen molar-refractivity contribution in [3.8, 4) is 0 Å². The van der Waals surface area contributed by atoms with Gasteiger partial charge in [0, 0.05) is 28.1 Å². The molecule has 0 atom stereocenters. The number of anilines is 2. The molecule has 2 N–H and O–H groups in total. The number of hydrogen-bond acceptors (Lipinski definition) is 4. The first-order valence-electron chi connectivity index (χ1n) is 5.62. The number of nitrogens with one attached hydrogen (secondary N) is 2. The Labute approximate surface area is 114 Å². The number of aryl methyl sites for hydroxylation is 1. The number of hydrogen-bond donors (Lipinski definition) is 2. The number of benzene rings is 1. The average Bonchev–Trinajstić information content (AvgIpc) is 2.39. The highest BCUT2D eigenvalue weighted by molar-refractivity contribution is 9.10. The molecule has 1 aromatic carbocycles. The van der Waals surface area contributed by atoms with Crippen molar-refractivity contribution >= 4 is 33.8 Å². The van der Waals surface area contributed by atoms with Gasteiger partial charge in [-0.1, -0.05) is 28.9 Å². The third-order valence-electron chi connectivity index (χ3n) is 2.49. The minimum atomic E-state index is 0.551. The molecule has 18 heavy (non-hydrogen) atoms. The van der Waals surface area contributed by atoms with E-state index in [0.29, 0.717) is 5.95 Å². The lowest BCUT2D eigenvalue weighted by atomic mass is 10.2. The zero-order valence-corrected chi connectivity index (χ0v) is 11.5. The van der Waals surface area contributed by atoms with Gasteiger partial charge in [-0.05, 0) is 24.6 Å². The van der Waals surface area contributed by atoms with E-state index in [2.05, 4.69) is 31.2 Å². The number of halogens is 1. The normalized spacial score (nSPS) is 10.1. The van der Waals surface area contributed by atoms with E-state index in [1.165, 1.54) is 6.21 Å². The molecule has 0 radical (unpaired) electrons. The van der Waals surface area contributed by atoms with Crippen LogP contribution in [0.5, 0.6) is 0 Å². The van der Waals surface area contributed by atoms with E-state index in [4.69, 9.17) is 5.41 Å². The Morgan fingerprint density at radius 3 is 2.94 bits per heavy atom. The molecular formula is C13H13BrN4. The molecule has 0 amide bonds. The lowest BCUT2D eigenvalue weighted by Crippen LogP contribution is -2.01. The van der Waals surface area contributed by atoms with Crippen molar-refractivity contribution in [3.05, 3.63) is 46.2 Å². The second-order valence-corrected chi connectivity index (χ2v) is 4.64. The predicted molar refractivity (Wildman–Crippen MR) is 76.7 cm³/mol. The fourth-order valence-corrected chi connectivity index (χ4v) is 1.90. The number of nitrogens with zero attached hydrogens (tertiary/aromatic N) is 2. The van der Waals surface area contributed by atoms with E-state index >= 15 is 0 Å². The standard InChI is InChI=1S/C13H13BrN4/c1-2-11-5-6-16-13(17-11)18-12-7-10(14)4-3-9(12)8-15/h3-8,15H,2H2,1H3,(H,16,17,18). The molecule has 0 aliphatic carbocycles. The van der Waals surface area contributed by atoms with Crippen molar-refractivity contribution < 1.29 is 0 Å². The van der Waals surface area contributed by atoms with Gasteiger partial charge in [0.1, 0.15) is 0 Å². The molecule has 92 valence electrons. The van der Waals surface area contributed by atoms with Crippen LogP contribution in [0.3, 0.4) is 0 Å². The zero-order chi connectivity index (χ0) is 13.0. The van der Waals surface area contributed by atoms with Crippen molar-refractivity contribution in [1.82, 2.24) is 9.97 Å². The molecule has 2 aromatic rings. The summed E-state index contributed by atoms with van der Waals surface area (Å²) in [6, 6.07) is 7.56. The molecule has 4 nitrogen and oxygen atoms in total. The maximum atomic E-state index is 7.38. The van der Waals surface area contributed by atoms with E-state index < -0.39 is 0 Å².